The summed E-state index contributed by atoms with van der Waals surface area (Å²) >= 11 is 0. The molecule has 1 amide bonds. The first-order valence-corrected chi connectivity index (χ1v) is 7.25. The molecule has 120 valence electrons. The van der Waals surface area contributed by atoms with Gasteiger partial charge in [-0.2, -0.15) is 5.10 Å². The van der Waals surface area contributed by atoms with Gasteiger partial charge < -0.3 is 5.32 Å². The molecule has 0 unspecified atom stereocenters. The topological polar surface area (TPSA) is 90.1 Å². The highest BCUT2D eigenvalue weighted by molar-refractivity contribution is 5.94. The lowest BCUT2D eigenvalue weighted by molar-refractivity contribution is -0.384. The van der Waals surface area contributed by atoms with Crippen LogP contribution in [0.25, 0.3) is 5.69 Å². The highest BCUT2D eigenvalue weighted by Gasteiger charge is 2.11. The molecular formula is C17H14N4O3. The maximum Gasteiger partial charge on any atom is 0.270 e. The second-order valence-corrected chi connectivity index (χ2v) is 5.12. The fourth-order valence-electron chi connectivity index (χ4n) is 2.22. The summed E-state index contributed by atoms with van der Waals surface area (Å²) in [7, 11) is 0. The van der Waals surface area contributed by atoms with Crippen LogP contribution >= 0.6 is 0 Å². The molecule has 3 rings (SSSR count). The van der Waals surface area contributed by atoms with Gasteiger partial charge in [-0.25, -0.2) is 4.68 Å². The number of non-ortho nitro benzene ring substituents is 1. The minimum Gasteiger partial charge on any atom is -0.348 e. The fourth-order valence-corrected chi connectivity index (χ4v) is 2.22. The average molecular weight is 322 g/mol. The van der Waals surface area contributed by atoms with Gasteiger partial charge in [-0.1, -0.05) is 24.3 Å². The van der Waals surface area contributed by atoms with Crippen molar-refractivity contribution >= 4 is 11.6 Å². The SMILES string of the molecule is O=C(NCc1cnn(-c2ccccc2)c1)c1cccc([N+](=O)[O-])c1. The summed E-state index contributed by atoms with van der Waals surface area (Å²) in [5.41, 5.74) is 1.89. The van der Waals surface area contributed by atoms with Crippen molar-refractivity contribution in [2.75, 3.05) is 0 Å². The van der Waals surface area contributed by atoms with Crippen molar-refractivity contribution in [3.05, 3.63) is 88.2 Å². The zero-order valence-corrected chi connectivity index (χ0v) is 12.6. The van der Waals surface area contributed by atoms with Gasteiger partial charge in [-0.05, 0) is 18.2 Å². The Kier molecular flexibility index (Phi) is 4.33. The number of nitro benzene ring substituents is 1. The number of benzene rings is 2. The Morgan fingerprint density at radius 2 is 1.96 bits per heavy atom. The molecule has 2 aromatic carbocycles. The molecule has 0 aliphatic carbocycles. The molecule has 1 heterocycles. The molecule has 1 N–H and O–H groups in total. The van der Waals surface area contributed by atoms with Crippen LogP contribution in [-0.4, -0.2) is 20.6 Å². The number of hydrogen-bond acceptors (Lipinski definition) is 4. The van der Waals surface area contributed by atoms with Gasteiger partial charge in [-0.15, -0.1) is 0 Å². The Morgan fingerprint density at radius 3 is 2.71 bits per heavy atom. The van der Waals surface area contributed by atoms with Crippen LogP contribution in [0.3, 0.4) is 0 Å². The van der Waals surface area contributed by atoms with Crippen LogP contribution in [0.2, 0.25) is 0 Å². The number of nitrogens with one attached hydrogen (secondary N) is 1. The summed E-state index contributed by atoms with van der Waals surface area (Å²) in [6, 6.07) is 15.2. The van der Waals surface area contributed by atoms with Gasteiger partial charge in [0.1, 0.15) is 0 Å². The monoisotopic (exact) mass is 322 g/mol. The van der Waals surface area contributed by atoms with E-state index in [2.05, 4.69) is 10.4 Å². The standard InChI is InChI=1S/C17H14N4O3/c22-17(14-5-4-8-16(9-14)21(23)24)18-10-13-11-19-20(12-13)15-6-2-1-3-7-15/h1-9,11-12H,10H2,(H,18,22). The lowest BCUT2D eigenvalue weighted by Gasteiger charge is -2.03. The average Bonchev–Trinajstić information content (AvgIpc) is 3.09. The first kappa shape index (κ1) is 15.4. The first-order valence-electron chi connectivity index (χ1n) is 7.25. The van der Waals surface area contributed by atoms with Crippen LogP contribution in [0, 0.1) is 10.1 Å². The predicted molar refractivity (Wildman–Crippen MR) is 87.8 cm³/mol. The van der Waals surface area contributed by atoms with E-state index < -0.39 is 4.92 Å². The third kappa shape index (κ3) is 3.46. The third-order valence-electron chi connectivity index (χ3n) is 3.43. The number of carbonyl (C=O) groups is 1. The Labute approximate surface area is 137 Å². The second kappa shape index (κ2) is 6.74. The lowest BCUT2D eigenvalue weighted by atomic mass is 10.2. The number of aromatic nitrogens is 2. The summed E-state index contributed by atoms with van der Waals surface area (Å²) in [4.78, 5) is 22.3. The van der Waals surface area contributed by atoms with Crippen molar-refractivity contribution in [2.24, 2.45) is 0 Å². The van der Waals surface area contributed by atoms with Crippen molar-refractivity contribution in [3.8, 4) is 5.69 Å². The molecule has 0 saturated heterocycles. The summed E-state index contributed by atoms with van der Waals surface area (Å²) in [6.45, 7) is 0.286. The molecule has 0 atom stereocenters. The van der Waals surface area contributed by atoms with Gasteiger partial charge >= 0.3 is 0 Å². The third-order valence-corrected chi connectivity index (χ3v) is 3.43. The maximum absolute atomic E-state index is 12.1. The van der Waals surface area contributed by atoms with E-state index in [0.717, 1.165) is 11.3 Å². The zero-order valence-electron chi connectivity index (χ0n) is 12.6. The van der Waals surface area contributed by atoms with E-state index in [1.807, 2.05) is 36.5 Å². The largest absolute Gasteiger partial charge is 0.348 e. The highest BCUT2D eigenvalue weighted by Crippen LogP contribution is 2.13. The number of para-hydroxylation sites is 1. The second-order valence-electron chi connectivity index (χ2n) is 5.12. The minimum absolute atomic E-state index is 0.112. The minimum atomic E-state index is -0.527. The van der Waals surface area contributed by atoms with E-state index in [0.29, 0.717) is 0 Å². The first-order chi connectivity index (χ1) is 11.6. The van der Waals surface area contributed by atoms with E-state index in [1.54, 1.807) is 10.9 Å². The van der Waals surface area contributed by atoms with Crippen molar-refractivity contribution in [3.63, 3.8) is 0 Å². The van der Waals surface area contributed by atoms with Gasteiger partial charge in [0.15, 0.2) is 0 Å². The Bertz CT molecular complexity index is 874. The van der Waals surface area contributed by atoms with Crippen LogP contribution in [-0.2, 0) is 6.54 Å². The van der Waals surface area contributed by atoms with E-state index in [1.165, 1.54) is 24.3 Å². The number of rotatable bonds is 5. The molecule has 0 saturated carbocycles. The highest BCUT2D eigenvalue weighted by atomic mass is 16.6. The molecular weight excluding hydrogens is 308 g/mol. The molecule has 7 nitrogen and oxygen atoms in total. The Balaban J connectivity index is 1.66. The van der Waals surface area contributed by atoms with Crippen LogP contribution in [0.1, 0.15) is 15.9 Å². The molecule has 0 spiro atoms. The van der Waals surface area contributed by atoms with Gasteiger partial charge in [0.05, 0.1) is 16.8 Å². The van der Waals surface area contributed by atoms with Crippen LogP contribution in [0.15, 0.2) is 67.0 Å². The zero-order chi connectivity index (χ0) is 16.9. The Hall–Kier alpha value is -3.48. The maximum atomic E-state index is 12.1. The quantitative estimate of drug-likeness (QED) is 0.577. The number of hydrogen-bond donors (Lipinski definition) is 1. The van der Waals surface area contributed by atoms with Crippen molar-refractivity contribution in [1.29, 1.82) is 0 Å². The summed E-state index contributed by atoms with van der Waals surface area (Å²) < 4.78 is 1.72. The molecule has 7 heteroatoms. The van der Waals surface area contributed by atoms with E-state index in [-0.39, 0.29) is 23.7 Å². The molecule has 0 radical (unpaired) electrons. The summed E-state index contributed by atoms with van der Waals surface area (Å²) in [6.07, 6.45) is 3.49. The van der Waals surface area contributed by atoms with Gasteiger partial charge in [-0.3, -0.25) is 14.9 Å². The molecule has 0 fully saturated rings. The fraction of sp³-hybridized carbons (Fsp3) is 0.0588. The number of nitro groups is 1. The van der Waals surface area contributed by atoms with E-state index >= 15 is 0 Å². The Morgan fingerprint density at radius 1 is 1.17 bits per heavy atom. The lowest BCUT2D eigenvalue weighted by Crippen LogP contribution is -2.22. The van der Waals surface area contributed by atoms with Crippen molar-refractivity contribution < 1.29 is 9.72 Å². The van der Waals surface area contributed by atoms with Crippen LogP contribution in [0.5, 0.6) is 0 Å². The normalized spacial score (nSPS) is 10.3. The van der Waals surface area contributed by atoms with Crippen LogP contribution < -0.4 is 5.32 Å². The number of nitrogens with zero attached hydrogens (tertiary/aromatic N) is 3. The smallest absolute Gasteiger partial charge is 0.270 e. The van der Waals surface area contributed by atoms with Crippen molar-refractivity contribution in [2.45, 2.75) is 6.54 Å². The van der Waals surface area contributed by atoms with Gasteiger partial charge in [0.25, 0.3) is 11.6 Å². The van der Waals surface area contributed by atoms with E-state index in [4.69, 9.17) is 0 Å². The van der Waals surface area contributed by atoms with E-state index in [9.17, 15) is 14.9 Å². The summed E-state index contributed by atoms with van der Waals surface area (Å²) in [5.74, 6) is -0.369. The molecule has 0 aliphatic heterocycles. The van der Waals surface area contributed by atoms with Gasteiger partial charge in [0, 0.05) is 36.0 Å². The molecule has 3 aromatic rings. The molecule has 0 aliphatic rings. The molecule has 0 bridgehead atoms. The number of carbonyl (C=O) groups excluding carboxylic acids is 1. The summed E-state index contributed by atoms with van der Waals surface area (Å²) in [5, 5.41) is 17.7. The number of amides is 1. The molecule has 24 heavy (non-hydrogen) atoms. The van der Waals surface area contributed by atoms with Crippen LogP contribution in [0.4, 0.5) is 5.69 Å². The molecule has 1 aromatic heterocycles. The van der Waals surface area contributed by atoms with Crippen molar-refractivity contribution in [1.82, 2.24) is 15.1 Å². The predicted octanol–water partition coefficient (Wildman–Crippen LogP) is 2.71. The van der Waals surface area contributed by atoms with Gasteiger partial charge in [0.2, 0.25) is 0 Å².